The molecule has 0 saturated carbocycles. The van der Waals surface area contributed by atoms with Crippen molar-refractivity contribution in [2.75, 3.05) is 4.72 Å². The Morgan fingerprint density at radius 3 is 2.65 bits per heavy atom. The van der Waals surface area contributed by atoms with E-state index >= 15 is 0 Å². The minimum atomic E-state index is -3.62. The maximum absolute atomic E-state index is 12.3. The van der Waals surface area contributed by atoms with E-state index < -0.39 is 10.0 Å². The van der Waals surface area contributed by atoms with Crippen molar-refractivity contribution < 1.29 is 8.42 Å². The van der Waals surface area contributed by atoms with E-state index in [0.29, 0.717) is 10.6 Å². The Morgan fingerprint density at radius 1 is 1.20 bits per heavy atom. The van der Waals surface area contributed by atoms with E-state index in [1.807, 2.05) is 0 Å². The minimum absolute atomic E-state index is 0.206. The third kappa shape index (κ3) is 2.19. The van der Waals surface area contributed by atoms with Crippen LogP contribution < -0.4 is 4.72 Å². The maximum Gasteiger partial charge on any atom is 0.262 e. The van der Waals surface area contributed by atoms with Gasteiger partial charge in [-0.2, -0.15) is 5.26 Å². The van der Waals surface area contributed by atoms with Crippen LogP contribution in [-0.4, -0.2) is 8.42 Å². The molecule has 1 aliphatic rings. The SMILES string of the molecule is N#Cc1c(NS(=O)(=O)c2ccccc2)sc2c1CCC2. The van der Waals surface area contributed by atoms with Crippen LogP contribution in [-0.2, 0) is 22.9 Å². The number of nitrogens with one attached hydrogen (secondary N) is 1. The van der Waals surface area contributed by atoms with Crippen LogP contribution in [0.4, 0.5) is 5.00 Å². The highest BCUT2D eigenvalue weighted by Gasteiger charge is 2.25. The fraction of sp³-hybridized carbons (Fsp3) is 0.214. The number of aryl methyl sites for hydroxylation is 1. The summed E-state index contributed by atoms with van der Waals surface area (Å²) in [6, 6.07) is 10.3. The second kappa shape index (κ2) is 4.93. The van der Waals surface area contributed by atoms with Gasteiger partial charge in [-0.05, 0) is 37.0 Å². The van der Waals surface area contributed by atoms with E-state index in [9.17, 15) is 13.7 Å². The number of anilines is 1. The van der Waals surface area contributed by atoms with E-state index in [1.54, 1.807) is 18.2 Å². The molecule has 1 aliphatic carbocycles. The van der Waals surface area contributed by atoms with Crippen LogP contribution in [0.25, 0.3) is 0 Å². The molecule has 2 aromatic rings. The molecule has 0 atom stereocenters. The Bertz CT molecular complexity index is 787. The van der Waals surface area contributed by atoms with Crippen molar-refractivity contribution in [3.63, 3.8) is 0 Å². The van der Waals surface area contributed by atoms with Gasteiger partial charge in [-0.1, -0.05) is 18.2 Å². The molecule has 0 radical (unpaired) electrons. The molecule has 0 unspecified atom stereocenters. The molecular weight excluding hydrogens is 292 g/mol. The molecule has 1 aromatic carbocycles. The topological polar surface area (TPSA) is 70.0 Å². The molecular formula is C14H12N2O2S2. The first-order valence-corrected chi connectivity index (χ1v) is 8.54. The van der Waals surface area contributed by atoms with Crippen LogP contribution in [0.2, 0.25) is 0 Å². The number of nitriles is 1. The molecule has 0 bridgehead atoms. The number of hydrogen-bond donors (Lipinski definition) is 1. The van der Waals surface area contributed by atoms with Crippen LogP contribution >= 0.6 is 11.3 Å². The molecule has 0 amide bonds. The Morgan fingerprint density at radius 2 is 1.95 bits per heavy atom. The molecule has 1 heterocycles. The minimum Gasteiger partial charge on any atom is -0.269 e. The normalized spacial score (nSPS) is 13.8. The van der Waals surface area contributed by atoms with Gasteiger partial charge in [-0.3, -0.25) is 4.72 Å². The van der Waals surface area contributed by atoms with Crippen molar-refractivity contribution in [1.29, 1.82) is 5.26 Å². The van der Waals surface area contributed by atoms with Crippen molar-refractivity contribution >= 4 is 26.4 Å². The first-order chi connectivity index (χ1) is 9.62. The Kier molecular flexibility index (Phi) is 3.24. The zero-order chi connectivity index (χ0) is 14.2. The average molecular weight is 304 g/mol. The van der Waals surface area contributed by atoms with Crippen LogP contribution in [0, 0.1) is 11.3 Å². The lowest BCUT2D eigenvalue weighted by molar-refractivity contribution is 0.601. The quantitative estimate of drug-likeness (QED) is 0.948. The van der Waals surface area contributed by atoms with Crippen LogP contribution in [0.3, 0.4) is 0 Å². The zero-order valence-corrected chi connectivity index (χ0v) is 12.2. The number of hydrogen-bond acceptors (Lipinski definition) is 4. The van der Waals surface area contributed by atoms with E-state index in [4.69, 9.17) is 0 Å². The molecule has 102 valence electrons. The van der Waals surface area contributed by atoms with E-state index in [2.05, 4.69) is 10.8 Å². The molecule has 0 spiro atoms. The molecule has 3 rings (SSSR count). The molecule has 4 nitrogen and oxygen atoms in total. The smallest absolute Gasteiger partial charge is 0.262 e. The molecule has 0 saturated heterocycles. The fourth-order valence-electron chi connectivity index (χ4n) is 2.38. The lowest BCUT2D eigenvalue weighted by Crippen LogP contribution is -2.12. The molecule has 6 heteroatoms. The maximum atomic E-state index is 12.3. The molecule has 1 aromatic heterocycles. The number of fused-ring (bicyclic) bond motifs is 1. The van der Waals surface area contributed by atoms with Gasteiger partial charge in [0.1, 0.15) is 11.1 Å². The van der Waals surface area contributed by atoms with Gasteiger partial charge in [0.15, 0.2) is 0 Å². The molecule has 20 heavy (non-hydrogen) atoms. The lowest BCUT2D eigenvalue weighted by atomic mass is 10.1. The van der Waals surface area contributed by atoms with Gasteiger partial charge in [0.25, 0.3) is 10.0 Å². The van der Waals surface area contributed by atoms with Gasteiger partial charge in [0.05, 0.1) is 10.5 Å². The third-order valence-corrected chi connectivity index (χ3v) is 6.02. The Hall–Kier alpha value is -1.84. The van der Waals surface area contributed by atoms with E-state index in [0.717, 1.165) is 29.7 Å². The van der Waals surface area contributed by atoms with Gasteiger partial charge in [-0.15, -0.1) is 11.3 Å². The van der Waals surface area contributed by atoms with E-state index in [-0.39, 0.29) is 4.90 Å². The third-order valence-electron chi connectivity index (χ3n) is 3.31. The first kappa shape index (κ1) is 13.2. The summed E-state index contributed by atoms with van der Waals surface area (Å²) >= 11 is 1.38. The zero-order valence-electron chi connectivity index (χ0n) is 10.6. The highest BCUT2D eigenvalue weighted by Crippen LogP contribution is 2.39. The molecule has 1 N–H and O–H groups in total. The summed E-state index contributed by atoms with van der Waals surface area (Å²) in [4.78, 5) is 1.34. The van der Waals surface area contributed by atoms with Gasteiger partial charge in [0, 0.05) is 4.88 Å². The second-order valence-corrected chi connectivity index (χ2v) is 7.38. The van der Waals surface area contributed by atoms with Gasteiger partial charge >= 0.3 is 0 Å². The second-order valence-electron chi connectivity index (χ2n) is 4.59. The number of nitrogens with zero attached hydrogens (tertiary/aromatic N) is 1. The largest absolute Gasteiger partial charge is 0.269 e. The van der Waals surface area contributed by atoms with Crippen molar-refractivity contribution in [2.45, 2.75) is 24.2 Å². The standard InChI is InChI=1S/C14H12N2O2S2/c15-9-12-11-7-4-8-13(11)19-14(12)16-20(17,18)10-5-2-1-3-6-10/h1-3,5-6,16H,4,7-8H2. The average Bonchev–Trinajstić information content (AvgIpc) is 2.99. The summed E-state index contributed by atoms with van der Waals surface area (Å²) in [5.74, 6) is 0. The highest BCUT2D eigenvalue weighted by atomic mass is 32.2. The lowest BCUT2D eigenvalue weighted by Gasteiger charge is -2.06. The summed E-state index contributed by atoms with van der Waals surface area (Å²) in [7, 11) is -3.62. The van der Waals surface area contributed by atoms with Gasteiger partial charge in [0.2, 0.25) is 0 Å². The predicted molar refractivity (Wildman–Crippen MR) is 78.3 cm³/mol. The van der Waals surface area contributed by atoms with Crippen molar-refractivity contribution in [3.05, 3.63) is 46.3 Å². The number of thiophene rings is 1. The fourth-order valence-corrected chi connectivity index (χ4v) is 4.94. The Balaban J connectivity index is 1.99. The van der Waals surface area contributed by atoms with Gasteiger partial charge < -0.3 is 0 Å². The Labute approximate surface area is 121 Å². The summed E-state index contributed by atoms with van der Waals surface area (Å²) in [5.41, 5.74) is 1.50. The highest BCUT2D eigenvalue weighted by molar-refractivity contribution is 7.93. The summed E-state index contributed by atoms with van der Waals surface area (Å²) in [6.07, 6.45) is 2.84. The van der Waals surface area contributed by atoms with E-state index in [1.165, 1.54) is 23.5 Å². The number of rotatable bonds is 3. The van der Waals surface area contributed by atoms with Crippen LogP contribution in [0.1, 0.15) is 22.4 Å². The van der Waals surface area contributed by atoms with Crippen molar-refractivity contribution in [1.82, 2.24) is 0 Å². The van der Waals surface area contributed by atoms with Crippen LogP contribution in [0.15, 0.2) is 35.2 Å². The monoisotopic (exact) mass is 304 g/mol. The molecule has 0 aliphatic heterocycles. The summed E-state index contributed by atoms with van der Waals surface area (Å²) in [6.45, 7) is 0. The predicted octanol–water partition coefficient (Wildman–Crippen LogP) is 2.91. The summed E-state index contributed by atoms with van der Waals surface area (Å²) < 4.78 is 27.1. The van der Waals surface area contributed by atoms with Gasteiger partial charge in [-0.25, -0.2) is 8.42 Å². The first-order valence-electron chi connectivity index (χ1n) is 6.24. The molecule has 0 fully saturated rings. The van der Waals surface area contributed by atoms with Crippen molar-refractivity contribution in [3.8, 4) is 6.07 Å². The summed E-state index contributed by atoms with van der Waals surface area (Å²) in [5, 5.41) is 9.71. The number of benzene rings is 1. The van der Waals surface area contributed by atoms with Crippen molar-refractivity contribution in [2.24, 2.45) is 0 Å². The van der Waals surface area contributed by atoms with Crippen LogP contribution in [0.5, 0.6) is 0 Å². The number of sulfonamides is 1.